The van der Waals surface area contributed by atoms with Gasteiger partial charge in [0.25, 0.3) is 0 Å². The largest absolute Gasteiger partial charge is 0.496 e. The van der Waals surface area contributed by atoms with Gasteiger partial charge in [-0.2, -0.15) is 0 Å². The molecule has 6 heteroatoms. The topological polar surface area (TPSA) is 55.6 Å². The summed E-state index contributed by atoms with van der Waals surface area (Å²) in [7, 11) is 1.62. The number of nitrogens with one attached hydrogen (secondary N) is 1. The van der Waals surface area contributed by atoms with Crippen LogP contribution in [0.1, 0.15) is 11.3 Å². The van der Waals surface area contributed by atoms with Crippen molar-refractivity contribution in [3.05, 3.63) is 59.4 Å². The van der Waals surface area contributed by atoms with Crippen molar-refractivity contribution in [3.63, 3.8) is 0 Å². The Hall–Kier alpha value is -2.60. The summed E-state index contributed by atoms with van der Waals surface area (Å²) in [6.45, 7) is 0.424. The van der Waals surface area contributed by atoms with Crippen molar-refractivity contribution < 1.29 is 9.53 Å². The Morgan fingerprint density at radius 2 is 2.32 bits per heavy atom. The number of carbonyl (C=O) groups excluding carboxylic acids is 1. The quantitative estimate of drug-likeness (QED) is 0.737. The highest BCUT2D eigenvalue weighted by molar-refractivity contribution is 7.15. The number of hydrogen-bond donors (Lipinski definition) is 1. The maximum atomic E-state index is 11.9. The number of methoxy groups -OCH3 is 1. The smallest absolute Gasteiger partial charge is 0.244 e. The van der Waals surface area contributed by atoms with Crippen molar-refractivity contribution >= 4 is 28.3 Å². The minimum absolute atomic E-state index is 0.156. The number of carbonyl (C=O) groups is 1. The Labute approximate surface area is 131 Å². The predicted molar refractivity (Wildman–Crippen MR) is 86.9 cm³/mol. The summed E-state index contributed by atoms with van der Waals surface area (Å²) in [6.07, 6.45) is 6.94. The SMILES string of the molecule is COc1ccccc1CNC(=O)/C=C/c1cnc2sccn12. The van der Waals surface area contributed by atoms with Crippen LogP contribution in [0, 0.1) is 0 Å². The maximum Gasteiger partial charge on any atom is 0.244 e. The molecular formula is C16H15N3O2S. The van der Waals surface area contributed by atoms with Gasteiger partial charge in [0, 0.05) is 29.8 Å². The molecule has 2 heterocycles. The van der Waals surface area contributed by atoms with Crippen molar-refractivity contribution in [2.45, 2.75) is 6.54 Å². The highest BCUT2D eigenvalue weighted by atomic mass is 32.1. The maximum absolute atomic E-state index is 11.9. The lowest BCUT2D eigenvalue weighted by molar-refractivity contribution is -0.116. The molecule has 0 aliphatic rings. The summed E-state index contributed by atoms with van der Waals surface area (Å²) >= 11 is 1.56. The van der Waals surface area contributed by atoms with E-state index in [-0.39, 0.29) is 5.91 Å². The first-order valence-electron chi connectivity index (χ1n) is 6.76. The van der Waals surface area contributed by atoms with Crippen molar-refractivity contribution in [1.82, 2.24) is 14.7 Å². The monoisotopic (exact) mass is 313 g/mol. The molecule has 0 aliphatic carbocycles. The van der Waals surface area contributed by atoms with Crippen LogP contribution in [0.15, 0.2) is 48.1 Å². The zero-order valence-electron chi connectivity index (χ0n) is 12.0. The molecule has 0 bridgehead atoms. The van der Waals surface area contributed by atoms with Crippen LogP contribution in [0.2, 0.25) is 0 Å². The molecule has 2 aromatic heterocycles. The van der Waals surface area contributed by atoms with Gasteiger partial charge >= 0.3 is 0 Å². The number of fused-ring (bicyclic) bond motifs is 1. The fourth-order valence-corrected chi connectivity index (χ4v) is 2.82. The third-order valence-corrected chi connectivity index (χ3v) is 4.00. The van der Waals surface area contributed by atoms with E-state index in [2.05, 4.69) is 10.3 Å². The second-order valence-electron chi connectivity index (χ2n) is 4.60. The molecular weight excluding hydrogens is 298 g/mol. The van der Waals surface area contributed by atoms with E-state index in [1.54, 1.807) is 30.7 Å². The van der Waals surface area contributed by atoms with Crippen molar-refractivity contribution in [3.8, 4) is 5.75 Å². The fraction of sp³-hybridized carbons (Fsp3) is 0.125. The van der Waals surface area contributed by atoms with Gasteiger partial charge < -0.3 is 10.1 Å². The third kappa shape index (κ3) is 3.01. The lowest BCUT2D eigenvalue weighted by Crippen LogP contribution is -2.20. The molecule has 0 unspecified atom stereocenters. The van der Waals surface area contributed by atoms with Crippen LogP contribution >= 0.6 is 11.3 Å². The number of hydrogen-bond acceptors (Lipinski definition) is 4. The number of para-hydroxylation sites is 1. The summed E-state index contributed by atoms with van der Waals surface area (Å²) in [5, 5.41) is 4.80. The zero-order valence-corrected chi connectivity index (χ0v) is 12.8. The molecule has 0 aliphatic heterocycles. The number of rotatable bonds is 5. The summed E-state index contributed by atoms with van der Waals surface area (Å²) < 4.78 is 7.20. The average Bonchev–Trinajstić information content (AvgIpc) is 3.15. The molecule has 1 amide bonds. The van der Waals surface area contributed by atoms with E-state index in [9.17, 15) is 4.79 Å². The highest BCUT2D eigenvalue weighted by Gasteiger charge is 2.04. The van der Waals surface area contributed by atoms with Gasteiger partial charge in [-0.3, -0.25) is 9.20 Å². The second kappa shape index (κ2) is 6.44. The van der Waals surface area contributed by atoms with E-state index in [1.807, 2.05) is 40.2 Å². The molecule has 0 saturated heterocycles. The summed E-state index contributed by atoms with van der Waals surface area (Å²) in [6, 6.07) is 7.61. The Morgan fingerprint density at radius 1 is 1.45 bits per heavy atom. The van der Waals surface area contributed by atoms with Crippen molar-refractivity contribution in [2.75, 3.05) is 7.11 Å². The van der Waals surface area contributed by atoms with E-state index >= 15 is 0 Å². The van der Waals surface area contributed by atoms with Gasteiger partial charge in [-0.05, 0) is 12.1 Å². The van der Waals surface area contributed by atoms with Crippen LogP contribution < -0.4 is 10.1 Å². The van der Waals surface area contributed by atoms with Crippen molar-refractivity contribution in [1.29, 1.82) is 0 Å². The number of ether oxygens (including phenoxy) is 1. The van der Waals surface area contributed by atoms with Crippen molar-refractivity contribution in [2.24, 2.45) is 0 Å². The molecule has 0 fully saturated rings. The number of amides is 1. The van der Waals surface area contributed by atoms with Crippen LogP contribution in [0.3, 0.4) is 0 Å². The first-order chi connectivity index (χ1) is 10.8. The molecule has 0 spiro atoms. The molecule has 1 N–H and O–H groups in total. The van der Waals surface area contributed by atoms with Gasteiger partial charge in [0.2, 0.25) is 5.91 Å². The minimum Gasteiger partial charge on any atom is -0.496 e. The molecule has 1 aromatic carbocycles. The van der Waals surface area contributed by atoms with Crippen LogP contribution in [-0.4, -0.2) is 22.4 Å². The zero-order chi connectivity index (χ0) is 15.4. The Balaban J connectivity index is 1.63. The van der Waals surface area contributed by atoms with Gasteiger partial charge in [-0.25, -0.2) is 4.98 Å². The minimum atomic E-state index is -0.156. The standard InChI is InChI=1S/C16H15N3O2S/c1-21-14-5-3-2-4-12(14)10-17-15(20)7-6-13-11-18-16-19(13)8-9-22-16/h2-9,11H,10H2,1H3,(H,17,20)/b7-6+. The molecule has 112 valence electrons. The first kappa shape index (κ1) is 14.3. The van der Waals surface area contributed by atoms with E-state index < -0.39 is 0 Å². The molecule has 0 atom stereocenters. The number of aromatic nitrogens is 2. The number of benzene rings is 1. The van der Waals surface area contributed by atoms with E-state index in [4.69, 9.17) is 4.74 Å². The Kier molecular flexibility index (Phi) is 4.20. The van der Waals surface area contributed by atoms with Gasteiger partial charge in [-0.15, -0.1) is 11.3 Å². The van der Waals surface area contributed by atoms with Crippen LogP contribution in [0.4, 0.5) is 0 Å². The fourth-order valence-electron chi connectivity index (χ4n) is 2.12. The Bertz CT molecular complexity index is 820. The third-order valence-electron chi connectivity index (χ3n) is 3.23. The Morgan fingerprint density at radius 3 is 3.18 bits per heavy atom. The first-order valence-corrected chi connectivity index (χ1v) is 7.64. The lowest BCUT2D eigenvalue weighted by Gasteiger charge is -2.08. The van der Waals surface area contributed by atoms with Crippen LogP contribution in [0.25, 0.3) is 11.0 Å². The van der Waals surface area contributed by atoms with Gasteiger partial charge in [0.15, 0.2) is 4.96 Å². The molecule has 0 radical (unpaired) electrons. The van der Waals surface area contributed by atoms with E-state index in [1.165, 1.54) is 6.08 Å². The van der Waals surface area contributed by atoms with Gasteiger partial charge in [0.1, 0.15) is 5.75 Å². The highest BCUT2D eigenvalue weighted by Crippen LogP contribution is 2.17. The van der Waals surface area contributed by atoms with Crippen LogP contribution in [-0.2, 0) is 11.3 Å². The summed E-state index contributed by atoms with van der Waals surface area (Å²) in [5.41, 5.74) is 1.82. The molecule has 5 nitrogen and oxygen atoms in total. The van der Waals surface area contributed by atoms with E-state index in [0.717, 1.165) is 22.0 Å². The summed E-state index contributed by atoms with van der Waals surface area (Å²) in [5.74, 6) is 0.610. The second-order valence-corrected chi connectivity index (χ2v) is 5.47. The molecule has 22 heavy (non-hydrogen) atoms. The molecule has 0 saturated carbocycles. The number of nitrogens with zero attached hydrogens (tertiary/aromatic N) is 2. The molecule has 3 rings (SSSR count). The van der Waals surface area contributed by atoms with Gasteiger partial charge in [0.05, 0.1) is 19.0 Å². The number of thiazole rings is 1. The van der Waals surface area contributed by atoms with E-state index in [0.29, 0.717) is 6.54 Å². The normalized spacial score (nSPS) is 11.1. The van der Waals surface area contributed by atoms with Gasteiger partial charge in [-0.1, -0.05) is 18.2 Å². The average molecular weight is 313 g/mol. The van der Waals surface area contributed by atoms with Crippen LogP contribution in [0.5, 0.6) is 5.75 Å². The molecule has 3 aromatic rings. The predicted octanol–water partition coefficient (Wildman–Crippen LogP) is 2.73. The lowest BCUT2D eigenvalue weighted by atomic mass is 10.2. The number of imidazole rings is 1. The summed E-state index contributed by atoms with van der Waals surface area (Å²) in [4.78, 5) is 17.1.